The Morgan fingerprint density at radius 1 is 1.52 bits per heavy atom. The van der Waals surface area contributed by atoms with E-state index in [0.29, 0.717) is 18.0 Å². The molecule has 116 valence electrons. The smallest absolute Gasteiger partial charge is 0.251 e. The molecule has 2 unspecified atom stereocenters. The summed E-state index contributed by atoms with van der Waals surface area (Å²) >= 11 is 0. The van der Waals surface area contributed by atoms with E-state index in [0.717, 1.165) is 13.0 Å². The van der Waals surface area contributed by atoms with E-state index in [9.17, 15) is 14.4 Å². The normalized spacial score (nSPS) is 20.2. The standard InChI is InChI=1S/C15H23N3O3/c1-4-16-11(3)7-5-6-10(2)14(20)17-12-8-9-13(19)18-15(12)21/h5-6,11-12,16H,2,4,7-9H2,1,3H3,(H,17,20)(H,18,19,21)/b6-5-. The van der Waals surface area contributed by atoms with Crippen molar-refractivity contribution >= 4 is 17.7 Å². The fourth-order valence-electron chi connectivity index (χ4n) is 2.00. The zero-order valence-corrected chi connectivity index (χ0v) is 12.6. The molecule has 1 rings (SSSR count). The number of amides is 3. The predicted octanol–water partition coefficient (Wildman–Crippen LogP) is 0.408. The van der Waals surface area contributed by atoms with Crippen LogP contribution in [-0.4, -0.2) is 36.3 Å². The Morgan fingerprint density at radius 3 is 2.86 bits per heavy atom. The lowest BCUT2D eigenvalue weighted by Gasteiger charge is -2.21. The molecule has 0 bridgehead atoms. The van der Waals surface area contributed by atoms with Crippen molar-refractivity contribution in [2.24, 2.45) is 0 Å². The number of carbonyl (C=O) groups excluding carboxylic acids is 3. The Hall–Kier alpha value is -1.95. The highest BCUT2D eigenvalue weighted by Crippen LogP contribution is 2.06. The summed E-state index contributed by atoms with van der Waals surface area (Å²) in [6.45, 7) is 8.67. The minimum atomic E-state index is -0.666. The van der Waals surface area contributed by atoms with Crippen molar-refractivity contribution in [1.29, 1.82) is 0 Å². The first-order chi connectivity index (χ1) is 9.93. The first-order valence-electron chi connectivity index (χ1n) is 7.17. The Kier molecular flexibility index (Phi) is 6.81. The maximum Gasteiger partial charge on any atom is 0.251 e. The largest absolute Gasteiger partial charge is 0.340 e. The van der Waals surface area contributed by atoms with Crippen LogP contribution in [0.3, 0.4) is 0 Å². The van der Waals surface area contributed by atoms with Crippen molar-refractivity contribution in [3.05, 3.63) is 24.3 Å². The average Bonchev–Trinajstić information content (AvgIpc) is 2.42. The monoisotopic (exact) mass is 293 g/mol. The van der Waals surface area contributed by atoms with E-state index < -0.39 is 17.9 Å². The van der Waals surface area contributed by atoms with Gasteiger partial charge in [-0.2, -0.15) is 0 Å². The topological polar surface area (TPSA) is 87.3 Å². The van der Waals surface area contributed by atoms with Crippen LogP contribution in [0, 0.1) is 0 Å². The predicted molar refractivity (Wildman–Crippen MR) is 80.4 cm³/mol. The second-order valence-electron chi connectivity index (χ2n) is 5.10. The van der Waals surface area contributed by atoms with Crippen molar-refractivity contribution in [2.75, 3.05) is 6.54 Å². The summed E-state index contributed by atoms with van der Waals surface area (Å²) in [5, 5.41) is 8.04. The van der Waals surface area contributed by atoms with Crippen molar-refractivity contribution in [3.8, 4) is 0 Å². The average molecular weight is 293 g/mol. The molecule has 1 saturated heterocycles. The van der Waals surface area contributed by atoms with E-state index in [1.165, 1.54) is 0 Å². The van der Waals surface area contributed by atoms with E-state index in [1.807, 2.05) is 13.0 Å². The van der Waals surface area contributed by atoms with E-state index >= 15 is 0 Å². The lowest BCUT2D eigenvalue weighted by atomic mass is 10.1. The lowest BCUT2D eigenvalue weighted by Crippen LogP contribution is -2.52. The van der Waals surface area contributed by atoms with Crippen molar-refractivity contribution in [1.82, 2.24) is 16.0 Å². The molecule has 3 amide bonds. The van der Waals surface area contributed by atoms with Gasteiger partial charge >= 0.3 is 0 Å². The summed E-state index contributed by atoms with van der Waals surface area (Å²) in [6, 6.07) is -0.335. The molecule has 1 heterocycles. The number of hydrogen-bond acceptors (Lipinski definition) is 4. The molecule has 0 aromatic heterocycles. The van der Waals surface area contributed by atoms with Gasteiger partial charge in [-0.3, -0.25) is 19.7 Å². The zero-order chi connectivity index (χ0) is 15.8. The second-order valence-corrected chi connectivity index (χ2v) is 5.10. The lowest BCUT2D eigenvalue weighted by molar-refractivity contribution is -0.136. The van der Waals surface area contributed by atoms with Gasteiger partial charge in [-0.1, -0.05) is 25.7 Å². The minimum absolute atomic E-state index is 0.235. The number of imide groups is 1. The van der Waals surface area contributed by atoms with Crippen LogP contribution in [0.2, 0.25) is 0 Å². The minimum Gasteiger partial charge on any atom is -0.340 e. The summed E-state index contributed by atoms with van der Waals surface area (Å²) in [4.78, 5) is 34.5. The van der Waals surface area contributed by atoms with Gasteiger partial charge in [-0.15, -0.1) is 0 Å². The van der Waals surface area contributed by atoms with Crippen LogP contribution in [0.1, 0.15) is 33.1 Å². The molecule has 21 heavy (non-hydrogen) atoms. The van der Waals surface area contributed by atoms with Crippen LogP contribution in [0.5, 0.6) is 0 Å². The van der Waals surface area contributed by atoms with Gasteiger partial charge in [0, 0.05) is 18.0 Å². The van der Waals surface area contributed by atoms with E-state index in [-0.39, 0.29) is 12.3 Å². The maximum atomic E-state index is 11.9. The molecule has 0 aliphatic carbocycles. The number of carbonyl (C=O) groups is 3. The van der Waals surface area contributed by atoms with Gasteiger partial charge in [-0.25, -0.2) is 0 Å². The Bertz CT molecular complexity index is 457. The summed E-state index contributed by atoms with van der Waals surface area (Å²) in [7, 11) is 0. The molecule has 2 atom stereocenters. The van der Waals surface area contributed by atoms with Crippen molar-refractivity contribution in [2.45, 2.75) is 45.2 Å². The molecular formula is C15H23N3O3. The van der Waals surface area contributed by atoms with E-state index in [4.69, 9.17) is 0 Å². The number of nitrogens with one attached hydrogen (secondary N) is 3. The number of hydrogen-bond donors (Lipinski definition) is 3. The fraction of sp³-hybridized carbons (Fsp3) is 0.533. The van der Waals surface area contributed by atoms with Crippen LogP contribution < -0.4 is 16.0 Å². The SMILES string of the molecule is C=C(/C=C\CC(C)NCC)C(=O)NC1CCC(=O)NC1=O. The van der Waals surface area contributed by atoms with Gasteiger partial charge in [0.25, 0.3) is 5.91 Å². The molecule has 1 aliphatic heterocycles. The fourth-order valence-corrected chi connectivity index (χ4v) is 2.00. The van der Waals surface area contributed by atoms with Gasteiger partial charge in [0.05, 0.1) is 0 Å². The van der Waals surface area contributed by atoms with Crippen LogP contribution in [0.25, 0.3) is 0 Å². The highest BCUT2D eigenvalue weighted by atomic mass is 16.2. The molecule has 0 spiro atoms. The third-order valence-electron chi connectivity index (χ3n) is 3.20. The van der Waals surface area contributed by atoms with Crippen LogP contribution in [0.15, 0.2) is 24.3 Å². The summed E-state index contributed by atoms with van der Waals surface area (Å²) in [5.41, 5.74) is 0.295. The van der Waals surface area contributed by atoms with Gasteiger partial charge < -0.3 is 10.6 Å². The molecule has 6 nitrogen and oxygen atoms in total. The van der Waals surface area contributed by atoms with E-state index in [2.05, 4.69) is 29.5 Å². The van der Waals surface area contributed by atoms with Gasteiger partial charge in [-0.05, 0) is 26.3 Å². The molecule has 0 radical (unpaired) electrons. The van der Waals surface area contributed by atoms with Crippen molar-refractivity contribution in [3.63, 3.8) is 0 Å². The molecule has 3 N–H and O–H groups in total. The molecule has 0 aromatic rings. The zero-order valence-electron chi connectivity index (χ0n) is 12.6. The first kappa shape index (κ1) is 17.1. The maximum absolute atomic E-state index is 11.9. The van der Waals surface area contributed by atoms with Crippen LogP contribution in [0.4, 0.5) is 0 Å². The Morgan fingerprint density at radius 2 is 2.24 bits per heavy atom. The number of rotatable bonds is 7. The first-order valence-corrected chi connectivity index (χ1v) is 7.17. The molecule has 0 aromatic carbocycles. The molecule has 6 heteroatoms. The highest BCUT2D eigenvalue weighted by molar-refractivity contribution is 6.04. The molecule has 1 aliphatic rings. The van der Waals surface area contributed by atoms with Gasteiger partial charge in [0.15, 0.2) is 0 Å². The quantitative estimate of drug-likeness (QED) is 0.360. The molecule has 0 saturated carbocycles. The Labute approximate surface area is 125 Å². The number of piperidine rings is 1. The third-order valence-corrected chi connectivity index (χ3v) is 3.20. The molecular weight excluding hydrogens is 270 g/mol. The third kappa shape index (κ3) is 5.91. The van der Waals surface area contributed by atoms with Crippen molar-refractivity contribution < 1.29 is 14.4 Å². The van der Waals surface area contributed by atoms with Gasteiger partial charge in [0.1, 0.15) is 6.04 Å². The highest BCUT2D eigenvalue weighted by Gasteiger charge is 2.27. The summed E-state index contributed by atoms with van der Waals surface area (Å²) in [5.74, 6) is -1.16. The van der Waals surface area contributed by atoms with Gasteiger partial charge in [0.2, 0.25) is 11.8 Å². The van der Waals surface area contributed by atoms with E-state index in [1.54, 1.807) is 6.08 Å². The Balaban J connectivity index is 2.41. The van der Waals surface area contributed by atoms with Crippen LogP contribution >= 0.6 is 0 Å². The molecule has 1 fully saturated rings. The summed E-state index contributed by atoms with van der Waals surface area (Å²) in [6.07, 6.45) is 4.87. The second kappa shape index (κ2) is 8.36. The van der Waals surface area contributed by atoms with Crippen LogP contribution in [-0.2, 0) is 14.4 Å². The summed E-state index contributed by atoms with van der Waals surface area (Å²) < 4.78 is 0.